The SMILES string of the molecule is COc1ccc(C(C(=O)O)C2CCCNC2)cc1. The van der Waals surface area contributed by atoms with E-state index >= 15 is 0 Å². The molecule has 0 spiro atoms. The molecule has 4 heteroatoms. The van der Waals surface area contributed by atoms with Crippen LogP contribution in [0.25, 0.3) is 0 Å². The number of piperidine rings is 1. The number of methoxy groups -OCH3 is 1. The van der Waals surface area contributed by atoms with Crippen LogP contribution in [0.4, 0.5) is 0 Å². The van der Waals surface area contributed by atoms with Crippen molar-refractivity contribution in [2.45, 2.75) is 18.8 Å². The van der Waals surface area contributed by atoms with E-state index in [1.807, 2.05) is 24.3 Å². The number of hydrogen-bond acceptors (Lipinski definition) is 3. The summed E-state index contributed by atoms with van der Waals surface area (Å²) in [7, 11) is 1.61. The van der Waals surface area contributed by atoms with Crippen LogP contribution < -0.4 is 10.1 Å². The highest BCUT2D eigenvalue weighted by Gasteiger charge is 2.30. The van der Waals surface area contributed by atoms with Crippen LogP contribution >= 0.6 is 0 Å². The largest absolute Gasteiger partial charge is 0.497 e. The van der Waals surface area contributed by atoms with Gasteiger partial charge >= 0.3 is 5.97 Å². The van der Waals surface area contributed by atoms with Crippen LogP contribution in [0.5, 0.6) is 5.75 Å². The fourth-order valence-corrected chi connectivity index (χ4v) is 2.59. The molecule has 1 aromatic carbocycles. The summed E-state index contributed by atoms with van der Waals surface area (Å²) >= 11 is 0. The van der Waals surface area contributed by atoms with E-state index in [2.05, 4.69) is 5.32 Å². The van der Waals surface area contributed by atoms with E-state index in [4.69, 9.17) is 4.74 Å². The maximum Gasteiger partial charge on any atom is 0.311 e. The normalized spacial score (nSPS) is 21.3. The van der Waals surface area contributed by atoms with Gasteiger partial charge in [-0.25, -0.2) is 0 Å². The van der Waals surface area contributed by atoms with Gasteiger partial charge in [0, 0.05) is 0 Å². The number of nitrogens with one attached hydrogen (secondary N) is 1. The first-order valence-electron chi connectivity index (χ1n) is 6.30. The van der Waals surface area contributed by atoms with E-state index in [0.29, 0.717) is 0 Å². The van der Waals surface area contributed by atoms with Crippen molar-refractivity contribution >= 4 is 5.97 Å². The lowest BCUT2D eigenvalue weighted by molar-refractivity contribution is -0.140. The van der Waals surface area contributed by atoms with E-state index in [0.717, 1.165) is 37.2 Å². The molecule has 2 rings (SSSR count). The second-order valence-corrected chi connectivity index (χ2v) is 4.70. The molecule has 0 aliphatic carbocycles. The molecule has 0 amide bonds. The molecule has 0 bridgehead atoms. The smallest absolute Gasteiger partial charge is 0.311 e. The summed E-state index contributed by atoms with van der Waals surface area (Å²) in [5, 5.41) is 12.7. The van der Waals surface area contributed by atoms with Gasteiger partial charge in [-0.05, 0) is 49.5 Å². The Bertz CT molecular complexity index is 396. The third-order valence-corrected chi connectivity index (χ3v) is 3.55. The van der Waals surface area contributed by atoms with Gasteiger partial charge in [0.25, 0.3) is 0 Å². The lowest BCUT2D eigenvalue weighted by Gasteiger charge is -2.28. The van der Waals surface area contributed by atoms with Crippen molar-refractivity contribution in [1.82, 2.24) is 5.32 Å². The molecule has 1 aliphatic heterocycles. The number of carboxylic acid groups (broad SMARTS) is 1. The molecule has 1 aliphatic rings. The Kier molecular flexibility index (Phi) is 4.20. The molecule has 1 saturated heterocycles. The van der Waals surface area contributed by atoms with Crippen LogP contribution in [0, 0.1) is 5.92 Å². The Morgan fingerprint density at radius 3 is 2.67 bits per heavy atom. The van der Waals surface area contributed by atoms with Crippen molar-refractivity contribution in [3.05, 3.63) is 29.8 Å². The third kappa shape index (κ3) is 2.82. The first-order valence-corrected chi connectivity index (χ1v) is 6.30. The number of rotatable bonds is 4. The standard InChI is InChI=1S/C14H19NO3/c1-18-12-6-4-10(5-7-12)13(14(16)17)11-3-2-8-15-9-11/h4-7,11,13,15H,2-3,8-9H2,1H3,(H,16,17). The zero-order chi connectivity index (χ0) is 13.0. The van der Waals surface area contributed by atoms with Crippen LogP contribution in [0.1, 0.15) is 24.3 Å². The summed E-state index contributed by atoms with van der Waals surface area (Å²) in [4.78, 5) is 11.5. The summed E-state index contributed by atoms with van der Waals surface area (Å²) in [5.74, 6) is -0.244. The fourth-order valence-electron chi connectivity index (χ4n) is 2.59. The summed E-state index contributed by atoms with van der Waals surface area (Å²) in [5.41, 5.74) is 0.858. The Hall–Kier alpha value is -1.55. The Labute approximate surface area is 107 Å². The molecule has 2 unspecified atom stereocenters. The second-order valence-electron chi connectivity index (χ2n) is 4.70. The van der Waals surface area contributed by atoms with Crippen molar-refractivity contribution in [2.24, 2.45) is 5.92 Å². The maximum atomic E-state index is 11.5. The summed E-state index contributed by atoms with van der Waals surface area (Å²) in [6.07, 6.45) is 2.01. The van der Waals surface area contributed by atoms with Crippen LogP contribution in [-0.4, -0.2) is 31.3 Å². The number of hydrogen-bond donors (Lipinski definition) is 2. The first-order chi connectivity index (χ1) is 8.72. The van der Waals surface area contributed by atoms with Crippen LogP contribution in [0.2, 0.25) is 0 Å². The molecule has 4 nitrogen and oxygen atoms in total. The van der Waals surface area contributed by atoms with Gasteiger partial charge in [0.2, 0.25) is 0 Å². The molecule has 0 radical (unpaired) electrons. The highest BCUT2D eigenvalue weighted by atomic mass is 16.5. The molecule has 1 heterocycles. The van der Waals surface area contributed by atoms with Crippen molar-refractivity contribution in [3.63, 3.8) is 0 Å². The van der Waals surface area contributed by atoms with Gasteiger partial charge in [0.1, 0.15) is 5.75 Å². The minimum atomic E-state index is -0.742. The number of benzene rings is 1. The van der Waals surface area contributed by atoms with Gasteiger partial charge in [0.05, 0.1) is 13.0 Å². The van der Waals surface area contributed by atoms with E-state index in [1.165, 1.54) is 0 Å². The van der Waals surface area contributed by atoms with Crippen molar-refractivity contribution in [1.29, 1.82) is 0 Å². The molecule has 2 atom stereocenters. The Balaban J connectivity index is 2.20. The molecular formula is C14H19NO3. The van der Waals surface area contributed by atoms with Crippen LogP contribution in [0.3, 0.4) is 0 Å². The van der Waals surface area contributed by atoms with E-state index in [9.17, 15) is 9.90 Å². The third-order valence-electron chi connectivity index (χ3n) is 3.55. The lowest BCUT2D eigenvalue weighted by Crippen LogP contribution is -2.36. The Morgan fingerprint density at radius 2 is 2.17 bits per heavy atom. The average Bonchev–Trinajstić information content (AvgIpc) is 2.40. The van der Waals surface area contributed by atoms with E-state index in [-0.39, 0.29) is 5.92 Å². The van der Waals surface area contributed by atoms with Gasteiger partial charge in [-0.15, -0.1) is 0 Å². The predicted molar refractivity (Wildman–Crippen MR) is 69.0 cm³/mol. The van der Waals surface area contributed by atoms with E-state index in [1.54, 1.807) is 7.11 Å². The molecule has 0 aromatic heterocycles. The number of aliphatic carboxylic acids is 1. The van der Waals surface area contributed by atoms with Gasteiger partial charge in [0.15, 0.2) is 0 Å². The Morgan fingerprint density at radius 1 is 1.44 bits per heavy atom. The molecule has 0 saturated carbocycles. The highest BCUT2D eigenvalue weighted by Crippen LogP contribution is 2.30. The summed E-state index contributed by atoms with van der Waals surface area (Å²) < 4.78 is 5.10. The lowest BCUT2D eigenvalue weighted by atomic mass is 9.81. The minimum absolute atomic E-state index is 0.171. The molecular weight excluding hydrogens is 230 g/mol. The summed E-state index contributed by atoms with van der Waals surface area (Å²) in [6, 6.07) is 7.35. The van der Waals surface area contributed by atoms with Gasteiger partial charge in [-0.2, -0.15) is 0 Å². The van der Waals surface area contributed by atoms with Gasteiger partial charge in [-0.1, -0.05) is 12.1 Å². The van der Waals surface area contributed by atoms with Crippen LogP contribution in [-0.2, 0) is 4.79 Å². The quantitative estimate of drug-likeness (QED) is 0.855. The molecule has 98 valence electrons. The van der Waals surface area contributed by atoms with Crippen molar-refractivity contribution in [3.8, 4) is 5.75 Å². The average molecular weight is 249 g/mol. The highest BCUT2D eigenvalue weighted by molar-refractivity contribution is 5.76. The van der Waals surface area contributed by atoms with Gasteiger partial charge in [-0.3, -0.25) is 4.79 Å². The minimum Gasteiger partial charge on any atom is -0.497 e. The number of carboxylic acids is 1. The van der Waals surface area contributed by atoms with Crippen molar-refractivity contribution < 1.29 is 14.6 Å². The van der Waals surface area contributed by atoms with E-state index < -0.39 is 11.9 Å². The first kappa shape index (κ1) is 12.9. The zero-order valence-corrected chi connectivity index (χ0v) is 10.6. The van der Waals surface area contributed by atoms with Crippen LogP contribution in [0.15, 0.2) is 24.3 Å². The fraction of sp³-hybridized carbons (Fsp3) is 0.500. The zero-order valence-electron chi connectivity index (χ0n) is 10.6. The molecule has 2 N–H and O–H groups in total. The second kappa shape index (κ2) is 5.87. The molecule has 1 aromatic rings. The summed E-state index contributed by atoms with van der Waals surface area (Å²) in [6.45, 7) is 1.77. The molecule has 1 fully saturated rings. The maximum absolute atomic E-state index is 11.5. The number of ether oxygens (including phenoxy) is 1. The molecule has 18 heavy (non-hydrogen) atoms. The van der Waals surface area contributed by atoms with Crippen molar-refractivity contribution in [2.75, 3.05) is 20.2 Å². The predicted octanol–water partition coefficient (Wildman–Crippen LogP) is 1.86. The number of carbonyl (C=O) groups is 1. The topological polar surface area (TPSA) is 58.6 Å². The monoisotopic (exact) mass is 249 g/mol. The van der Waals surface area contributed by atoms with Gasteiger partial charge < -0.3 is 15.2 Å².